The van der Waals surface area contributed by atoms with Gasteiger partial charge in [0, 0.05) is 44.2 Å². The molecule has 0 aliphatic carbocycles. The van der Waals surface area contributed by atoms with Crippen molar-refractivity contribution in [3.8, 4) is 11.4 Å². The van der Waals surface area contributed by atoms with Crippen LogP contribution in [0.5, 0.6) is 0 Å². The normalized spacial score (nSPS) is 6.75. The molecular formula is C28H40MoN4O7. The average molecular weight is 641 g/mol. The van der Waals surface area contributed by atoms with Gasteiger partial charge in [-0.2, -0.15) is 9.59 Å². The number of aromatic nitrogens is 2. The second-order valence-electron chi connectivity index (χ2n) is 7.44. The van der Waals surface area contributed by atoms with Crippen molar-refractivity contribution in [2.75, 3.05) is 0 Å². The zero-order valence-electron chi connectivity index (χ0n) is 20.5. The van der Waals surface area contributed by atoms with Crippen molar-refractivity contribution in [2.24, 2.45) is 0 Å². The summed E-state index contributed by atoms with van der Waals surface area (Å²) in [5.74, 6) is 0. The molecule has 0 aromatic carbocycles. The van der Waals surface area contributed by atoms with Crippen LogP contribution in [0.3, 0.4) is 0 Å². The smallest absolute Gasteiger partial charge is 0 e. The van der Waals surface area contributed by atoms with E-state index in [2.05, 4.69) is 109 Å². The van der Waals surface area contributed by atoms with Crippen molar-refractivity contribution in [2.45, 2.75) is 82.1 Å². The summed E-state index contributed by atoms with van der Waals surface area (Å²) < 4.78 is 37.5. The van der Waals surface area contributed by atoms with Gasteiger partial charge in [0.2, 0.25) is 0 Å². The minimum absolute atomic E-state index is 0. The van der Waals surface area contributed by atoms with E-state index in [0.717, 1.165) is 11.4 Å². The standard InChI is InChI=1S/C18H24N2.CO2.5CO.4CH4.Mo.N2/c1-17(2,3)13-7-9-19-15(11-13)16-12-14(8-10-20-16)18(4,5)6;2-1-3;5*1-2;;;;;;1-2/h7-12H,1-6H3;;;;;;;4*1H4;;. The molecule has 0 N–H and O–H groups in total. The Morgan fingerprint density at radius 1 is 0.600 bits per heavy atom. The molecule has 2 heterocycles. The summed E-state index contributed by atoms with van der Waals surface area (Å²) in [6.07, 6.45) is 4.00. The number of rotatable bonds is 1. The van der Waals surface area contributed by atoms with Gasteiger partial charge in [0.15, 0.2) is 0 Å². The van der Waals surface area contributed by atoms with Crippen LogP contribution in [0.15, 0.2) is 36.7 Å². The van der Waals surface area contributed by atoms with Crippen LogP contribution in [0, 0.1) is 44.0 Å². The zero-order chi connectivity index (χ0) is 29.7. The number of hydrogen-bond acceptors (Lipinski definition) is 6. The maximum Gasteiger partial charge on any atom is 0 e. The van der Waals surface area contributed by atoms with Crippen molar-refractivity contribution < 1.29 is 53.9 Å². The van der Waals surface area contributed by atoms with Crippen LogP contribution in [0.1, 0.15) is 82.4 Å². The maximum absolute atomic E-state index is 8.12. The third-order valence-corrected chi connectivity index (χ3v) is 3.51. The van der Waals surface area contributed by atoms with E-state index in [-0.39, 0.29) is 67.8 Å². The first-order chi connectivity index (χ1) is 16.6. The van der Waals surface area contributed by atoms with Gasteiger partial charge in [-0.1, -0.05) is 71.2 Å². The molecule has 0 saturated heterocycles. The van der Waals surface area contributed by atoms with E-state index in [1.807, 2.05) is 12.4 Å². The molecule has 0 spiro atoms. The molecule has 0 fully saturated rings. The van der Waals surface area contributed by atoms with Crippen molar-refractivity contribution in [3.63, 3.8) is 0 Å². The van der Waals surface area contributed by atoms with Crippen molar-refractivity contribution >= 4 is 6.15 Å². The Morgan fingerprint density at radius 2 is 0.775 bits per heavy atom. The largest absolute Gasteiger partial charge is 0 e. The monoisotopic (exact) mass is 642 g/mol. The molecule has 0 aliphatic rings. The molecular weight excluding hydrogens is 600 g/mol. The number of pyridine rings is 2. The van der Waals surface area contributed by atoms with Gasteiger partial charge in [0.05, 0.1) is 11.4 Å². The third kappa shape index (κ3) is 36.6. The number of nitrogens with zero attached hydrogens (tertiary/aromatic N) is 4. The maximum atomic E-state index is 8.12. The van der Waals surface area contributed by atoms with Crippen LogP contribution in [0.25, 0.3) is 11.4 Å². The Kier molecular flexibility index (Phi) is 85.8. The topological polar surface area (TPSA) is 207 Å². The van der Waals surface area contributed by atoms with Crippen LogP contribution in [-0.2, 0) is 64.7 Å². The van der Waals surface area contributed by atoms with E-state index >= 15 is 0 Å². The van der Waals surface area contributed by atoms with Gasteiger partial charge in [0.1, 0.15) is 0 Å². The molecule has 11 nitrogen and oxygen atoms in total. The molecule has 0 unspecified atom stereocenters. The van der Waals surface area contributed by atoms with E-state index in [4.69, 9.17) is 43.6 Å². The van der Waals surface area contributed by atoms with Gasteiger partial charge in [-0.05, 0) is 46.2 Å². The molecule has 2 aromatic heterocycles. The second kappa shape index (κ2) is 48.5. The van der Waals surface area contributed by atoms with Crippen molar-refractivity contribution in [3.05, 3.63) is 81.0 Å². The first kappa shape index (κ1) is 70.7. The fraction of sp³-hybridized carbons (Fsp3) is 0.429. The Hall–Kier alpha value is -3.51. The molecule has 220 valence electrons. The molecule has 2 rings (SSSR count). The van der Waals surface area contributed by atoms with Gasteiger partial charge >= 0.3 is 62.7 Å². The molecule has 0 bridgehead atoms. The Morgan fingerprint density at radius 3 is 0.925 bits per heavy atom. The van der Waals surface area contributed by atoms with Crippen LogP contribution in [-0.4, -0.2) is 16.1 Å². The molecule has 40 heavy (non-hydrogen) atoms. The predicted molar refractivity (Wildman–Crippen MR) is 140 cm³/mol. The fourth-order valence-corrected chi connectivity index (χ4v) is 2.07. The predicted octanol–water partition coefficient (Wildman–Crippen LogP) is 6.54. The summed E-state index contributed by atoms with van der Waals surface area (Å²) in [5.41, 5.74) is 4.71. The minimum Gasteiger partial charge on any atom is 0 e. The third-order valence-electron chi connectivity index (χ3n) is 3.51. The van der Waals surface area contributed by atoms with Crippen LogP contribution < -0.4 is 0 Å². The molecule has 2 aromatic rings. The van der Waals surface area contributed by atoms with Crippen LogP contribution in [0.2, 0.25) is 0 Å². The summed E-state index contributed by atoms with van der Waals surface area (Å²) >= 11 is 0. The van der Waals surface area contributed by atoms with Gasteiger partial charge in [-0.25, -0.2) is 0 Å². The first-order valence-electron chi connectivity index (χ1n) is 8.74. The minimum atomic E-state index is 0. The molecule has 0 atom stereocenters. The molecule has 12 heteroatoms. The van der Waals surface area contributed by atoms with Gasteiger partial charge in [-0.15, -0.1) is 0 Å². The Labute approximate surface area is 254 Å². The van der Waals surface area contributed by atoms with Crippen LogP contribution in [0.4, 0.5) is 0 Å². The fourth-order valence-electron chi connectivity index (χ4n) is 2.07. The van der Waals surface area contributed by atoms with Gasteiger partial charge in [0.25, 0.3) is 0 Å². The van der Waals surface area contributed by atoms with Gasteiger partial charge in [-0.3, -0.25) is 9.97 Å². The van der Waals surface area contributed by atoms with E-state index < -0.39 is 0 Å². The Balaban J connectivity index is -0.0000000407. The molecule has 0 saturated carbocycles. The number of carbonyl (C=O) groups excluding carboxylic acids is 2. The first-order valence-corrected chi connectivity index (χ1v) is 8.74. The van der Waals surface area contributed by atoms with E-state index in [1.54, 1.807) is 0 Å². The summed E-state index contributed by atoms with van der Waals surface area (Å²) in [5, 5.41) is 12.0. The molecule has 0 radical (unpaired) electrons. The molecule has 0 amide bonds. The van der Waals surface area contributed by atoms with Crippen molar-refractivity contribution in [1.29, 1.82) is 10.8 Å². The summed E-state index contributed by atoms with van der Waals surface area (Å²) in [4.78, 5) is 25.2. The summed E-state index contributed by atoms with van der Waals surface area (Å²) in [6.45, 7) is 35.8. The summed E-state index contributed by atoms with van der Waals surface area (Å²) in [6, 6.07) is 8.46. The SMILES string of the molecule is C.C.C.C.CC(C)(C)c1ccnc(-c2cc(C(C)(C)C)ccn2)c1.N#N.O=C=O.[C-]#[O+].[C-]#[O+].[C-]#[O+].[C-]#[O+].[C-]#[O+].[Mo]. The zero-order valence-corrected chi connectivity index (χ0v) is 22.5. The molecule has 0 aliphatic heterocycles. The average Bonchev–Trinajstić information content (AvgIpc) is 2.91. The van der Waals surface area contributed by atoms with E-state index in [0.29, 0.717) is 0 Å². The number of hydrogen-bond donors (Lipinski definition) is 0. The van der Waals surface area contributed by atoms with E-state index in [9.17, 15) is 0 Å². The van der Waals surface area contributed by atoms with E-state index in [1.165, 1.54) is 11.1 Å². The summed E-state index contributed by atoms with van der Waals surface area (Å²) in [7, 11) is 0. The van der Waals surface area contributed by atoms with Crippen molar-refractivity contribution in [1.82, 2.24) is 9.97 Å². The second-order valence-corrected chi connectivity index (χ2v) is 7.44. The Bertz CT molecular complexity index is 863. The quantitative estimate of drug-likeness (QED) is 0.146. The van der Waals surface area contributed by atoms with Crippen LogP contribution >= 0.6 is 0 Å². The van der Waals surface area contributed by atoms with Gasteiger partial charge < -0.3 is 0 Å².